The summed E-state index contributed by atoms with van der Waals surface area (Å²) in [6, 6.07) is 17.7. The van der Waals surface area contributed by atoms with Gasteiger partial charge in [-0.25, -0.2) is 0 Å². The van der Waals surface area contributed by atoms with Gasteiger partial charge in [0.25, 0.3) is 11.7 Å². The van der Waals surface area contributed by atoms with Crippen LogP contribution in [0, 0.1) is 0 Å². The molecule has 0 saturated carbocycles. The molecule has 0 aliphatic carbocycles. The number of aryl methyl sites for hydroxylation is 1. The molecule has 9 heteroatoms. The normalized spacial score (nSPS) is 11.6. The van der Waals surface area contributed by atoms with E-state index >= 15 is 0 Å². The first kappa shape index (κ1) is 26.8. The van der Waals surface area contributed by atoms with Crippen molar-refractivity contribution >= 4 is 22.6 Å². The Hall–Kier alpha value is -4.27. The number of carbonyl (C=O) groups is 1. The predicted octanol–water partition coefficient (Wildman–Crippen LogP) is 7.31. The van der Waals surface area contributed by atoms with Crippen molar-refractivity contribution in [2.75, 3.05) is 11.9 Å². The number of benzene rings is 3. The summed E-state index contributed by atoms with van der Waals surface area (Å²) < 4.78 is 57.9. The zero-order valence-corrected chi connectivity index (χ0v) is 21.0. The van der Waals surface area contributed by atoms with Crippen LogP contribution in [0.4, 0.5) is 18.9 Å². The molecule has 38 heavy (non-hydrogen) atoms. The third kappa shape index (κ3) is 5.99. The van der Waals surface area contributed by atoms with Crippen molar-refractivity contribution < 1.29 is 31.9 Å². The summed E-state index contributed by atoms with van der Waals surface area (Å²) in [4.78, 5) is 25.4. The van der Waals surface area contributed by atoms with E-state index in [0.29, 0.717) is 11.3 Å². The van der Waals surface area contributed by atoms with Crippen molar-refractivity contribution in [3.63, 3.8) is 0 Å². The predicted molar refractivity (Wildman–Crippen MR) is 138 cm³/mol. The number of alkyl halides is 3. The van der Waals surface area contributed by atoms with Crippen molar-refractivity contribution in [1.29, 1.82) is 0 Å². The third-order valence-corrected chi connectivity index (χ3v) is 5.85. The first-order chi connectivity index (χ1) is 18.1. The molecule has 0 bridgehead atoms. The molecule has 1 heterocycles. The number of carbonyl (C=O) groups excluding carboxylic acids is 1. The second-order valence-corrected chi connectivity index (χ2v) is 8.93. The van der Waals surface area contributed by atoms with Crippen LogP contribution in [0.25, 0.3) is 11.0 Å². The van der Waals surface area contributed by atoms with E-state index < -0.39 is 35.6 Å². The number of hydrogen-bond donors (Lipinski definition) is 1. The Morgan fingerprint density at radius 2 is 1.74 bits per heavy atom. The summed E-state index contributed by atoms with van der Waals surface area (Å²) in [6.45, 7) is 5.34. The van der Waals surface area contributed by atoms with Crippen LogP contribution in [0.3, 0.4) is 0 Å². The number of halogens is 3. The van der Waals surface area contributed by atoms with Gasteiger partial charge in [-0.3, -0.25) is 9.59 Å². The second-order valence-electron chi connectivity index (χ2n) is 8.93. The van der Waals surface area contributed by atoms with Crippen LogP contribution < -0.4 is 20.2 Å². The SMILES string of the molecule is CCc1ccc(NC(=O)COc2ccc3c(=O)c(Oc4ccccc4C(C)C)c(C(F)(F)F)oc3c2)cc1. The average molecular weight is 526 g/mol. The molecule has 4 rings (SSSR count). The van der Waals surface area contributed by atoms with E-state index in [4.69, 9.17) is 13.9 Å². The van der Waals surface area contributed by atoms with Crippen molar-refractivity contribution in [1.82, 2.24) is 0 Å². The number of nitrogens with one attached hydrogen (secondary N) is 1. The highest BCUT2D eigenvalue weighted by atomic mass is 19.4. The summed E-state index contributed by atoms with van der Waals surface area (Å²) in [7, 11) is 0. The number of rotatable bonds is 8. The summed E-state index contributed by atoms with van der Waals surface area (Å²) in [5.74, 6) is -2.82. The fourth-order valence-corrected chi connectivity index (χ4v) is 3.86. The Balaban J connectivity index is 1.60. The van der Waals surface area contributed by atoms with Crippen molar-refractivity contribution in [2.45, 2.75) is 39.3 Å². The standard InChI is InChI=1S/C29H26F3NO5/c1-4-18-9-11-19(12-10-18)33-25(34)16-36-20-13-14-22-24(15-20)38-28(29(30,31)32)27(26(22)35)37-23-8-6-5-7-21(23)17(2)3/h5-15,17H,4,16H2,1-3H3,(H,33,34). The van der Waals surface area contributed by atoms with Gasteiger partial charge in [-0.1, -0.05) is 51.1 Å². The van der Waals surface area contributed by atoms with Gasteiger partial charge >= 0.3 is 6.18 Å². The number of ether oxygens (including phenoxy) is 2. The number of hydrogen-bond acceptors (Lipinski definition) is 5. The smallest absolute Gasteiger partial charge is 0.453 e. The van der Waals surface area contributed by atoms with Gasteiger partial charge in [0.2, 0.25) is 11.2 Å². The maximum absolute atomic E-state index is 13.9. The maximum Gasteiger partial charge on any atom is 0.453 e. The molecule has 1 N–H and O–H groups in total. The van der Waals surface area contributed by atoms with E-state index in [1.807, 2.05) is 32.9 Å². The Morgan fingerprint density at radius 3 is 2.39 bits per heavy atom. The number of amides is 1. The largest absolute Gasteiger partial charge is 0.484 e. The second kappa shape index (κ2) is 11.0. The fraction of sp³-hybridized carbons (Fsp3) is 0.241. The van der Waals surface area contributed by atoms with Crippen LogP contribution in [0.1, 0.15) is 43.6 Å². The van der Waals surface area contributed by atoms with E-state index in [1.165, 1.54) is 18.2 Å². The molecule has 0 aliphatic rings. The topological polar surface area (TPSA) is 77.8 Å². The molecule has 0 spiro atoms. The van der Waals surface area contributed by atoms with Crippen LogP contribution in [0.2, 0.25) is 0 Å². The lowest BCUT2D eigenvalue weighted by atomic mass is 10.0. The van der Waals surface area contributed by atoms with E-state index in [1.54, 1.807) is 30.3 Å². The van der Waals surface area contributed by atoms with Crippen LogP contribution in [-0.2, 0) is 17.4 Å². The first-order valence-corrected chi connectivity index (χ1v) is 12.0. The highest BCUT2D eigenvalue weighted by molar-refractivity contribution is 5.92. The quantitative estimate of drug-likeness (QED) is 0.261. The maximum atomic E-state index is 13.9. The van der Waals surface area contributed by atoms with E-state index in [9.17, 15) is 22.8 Å². The highest BCUT2D eigenvalue weighted by Gasteiger charge is 2.40. The van der Waals surface area contributed by atoms with E-state index in [-0.39, 0.29) is 28.4 Å². The summed E-state index contributed by atoms with van der Waals surface area (Å²) in [5.41, 5.74) is 1.02. The lowest BCUT2D eigenvalue weighted by molar-refractivity contribution is -0.154. The van der Waals surface area contributed by atoms with Crippen molar-refractivity contribution in [3.05, 3.63) is 93.8 Å². The summed E-state index contributed by atoms with van der Waals surface area (Å²) in [5, 5.41) is 2.56. The van der Waals surface area contributed by atoms with Gasteiger partial charge < -0.3 is 19.2 Å². The molecule has 6 nitrogen and oxygen atoms in total. The van der Waals surface area contributed by atoms with E-state index in [0.717, 1.165) is 18.1 Å². The molecule has 0 fully saturated rings. The number of anilines is 1. The molecule has 1 amide bonds. The highest BCUT2D eigenvalue weighted by Crippen LogP contribution is 2.40. The molecule has 4 aromatic rings. The minimum absolute atomic E-state index is 0.0550. The van der Waals surface area contributed by atoms with Crippen LogP contribution in [-0.4, -0.2) is 12.5 Å². The molecule has 3 aromatic carbocycles. The molecule has 0 unspecified atom stereocenters. The minimum Gasteiger partial charge on any atom is -0.484 e. The molecular formula is C29H26F3NO5. The molecule has 198 valence electrons. The summed E-state index contributed by atoms with van der Waals surface area (Å²) in [6.07, 6.45) is -4.14. The van der Waals surface area contributed by atoms with Gasteiger partial charge in [0, 0.05) is 11.8 Å². The van der Waals surface area contributed by atoms with Crippen molar-refractivity contribution in [2.24, 2.45) is 0 Å². The number of fused-ring (bicyclic) bond motifs is 1. The van der Waals surface area contributed by atoms with Gasteiger partial charge in [0.1, 0.15) is 17.1 Å². The zero-order valence-electron chi connectivity index (χ0n) is 21.0. The Labute approximate surface area is 217 Å². The molecule has 0 aliphatic heterocycles. The van der Waals surface area contributed by atoms with Gasteiger partial charge in [0.15, 0.2) is 6.61 Å². The average Bonchev–Trinajstić information content (AvgIpc) is 2.89. The molecule has 0 saturated heterocycles. The Bertz CT molecular complexity index is 1510. The monoisotopic (exact) mass is 525 g/mol. The molecule has 1 aromatic heterocycles. The lowest BCUT2D eigenvalue weighted by Crippen LogP contribution is -2.20. The molecule has 0 atom stereocenters. The first-order valence-electron chi connectivity index (χ1n) is 12.0. The lowest BCUT2D eigenvalue weighted by Gasteiger charge is -2.16. The van der Waals surface area contributed by atoms with E-state index in [2.05, 4.69) is 5.32 Å². The molecular weight excluding hydrogens is 499 g/mol. The summed E-state index contributed by atoms with van der Waals surface area (Å²) >= 11 is 0. The Morgan fingerprint density at radius 1 is 1.03 bits per heavy atom. The Kier molecular flexibility index (Phi) is 7.75. The zero-order chi connectivity index (χ0) is 27.4. The van der Waals surface area contributed by atoms with Gasteiger partial charge in [-0.05, 0) is 53.8 Å². The van der Waals surface area contributed by atoms with Crippen molar-refractivity contribution in [3.8, 4) is 17.2 Å². The minimum atomic E-state index is -5.00. The van der Waals surface area contributed by atoms with Gasteiger partial charge in [0.05, 0.1) is 5.39 Å². The van der Waals surface area contributed by atoms with Gasteiger partial charge in [-0.15, -0.1) is 0 Å². The molecule has 0 radical (unpaired) electrons. The number of para-hydroxylation sites is 1. The fourth-order valence-electron chi connectivity index (χ4n) is 3.86. The van der Waals surface area contributed by atoms with Crippen LogP contribution in [0.15, 0.2) is 75.9 Å². The van der Waals surface area contributed by atoms with Crippen LogP contribution in [0.5, 0.6) is 17.2 Å². The van der Waals surface area contributed by atoms with Crippen LogP contribution >= 0.6 is 0 Å². The van der Waals surface area contributed by atoms with Gasteiger partial charge in [-0.2, -0.15) is 13.2 Å². The third-order valence-electron chi connectivity index (χ3n) is 5.85.